The van der Waals surface area contributed by atoms with Gasteiger partial charge in [-0.25, -0.2) is 0 Å². The van der Waals surface area contributed by atoms with Crippen LogP contribution in [0.3, 0.4) is 0 Å². The van der Waals surface area contributed by atoms with Crippen LogP contribution in [0, 0.1) is 17.0 Å². The van der Waals surface area contributed by atoms with Crippen LogP contribution in [-0.4, -0.2) is 32.7 Å². The number of aryl methyl sites for hydroxylation is 1. The number of hydrogen-bond acceptors (Lipinski definition) is 5. The highest BCUT2D eigenvalue weighted by molar-refractivity contribution is 5.53. The number of hydrogen-bond donors (Lipinski definition) is 2. The van der Waals surface area contributed by atoms with E-state index in [0.29, 0.717) is 18.2 Å². The molecule has 0 saturated carbocycles. The zero-order chi connectivity index (χ0) is 12.8. The normalized spacial score (nSPS) is 10.5. The monoisotopic (exact) mass is 242 g/mol. The summed E-state index contributed by atoms with van der Waals surface area (Å²) in [6.07, 6.45) is 2.52. The molecule has 1 rings (SSSR count). The summed E-state index contributed by atoms with van der Waals surface area (Å²) in [5, 5.41) is 22.4. The van der Waals surface area contributed by atoms with Crippen molar-refractivity contribution in [3.8, 4) is 0 Å². The predicted octanol–water partition coefficient (Wildman–Crippen LogP) is 1.21. The molecule has 2 N–H and O–H groups in total. The van der Waals surface area contributed by atoms with E-state index >= 15 is 0 Å². The molecule has 96 valence electrons. The van der Waals surface area contributed by atoms with E-state index in [1.807, 2.05) is 0 Å². The summed E-state index contributed by atoms with van der Waals surface area (Å²) in [7, 11) is 1.74. The molecule has 7 nitrogen and oxygen atoms in total. The van der Waals surface area contributed by atoms with Crippen molar-refractivity contribution in [1.82, 2.24) is 9.55 Å². The molecule has 0 radical (unpaired) electrons. The first-order chi connectivity index (χ1) is 8.07. The number of aliphatic hydroxyl groups is 1. The average Bonchev–Trinajstić information content (AvgIpc) is 2.57. The number of imidazole rings is 1. The molecule has 1 aromatic rings. The molecule has 0 atom stereocenters. The lowest BCUT2D eigenvalue weighted by molar-refractivity contribution is -0.388. The average molecular weight is 242 g/mol. The van der Waals surface area contributed by atoms with Gasteiger partial charge in [-0.1, -0.05) is 0 Å². The summed E-state index contributed by atoms with van der Waals surface area (Å²) in [5.41, 5.74) is 0. The van der Waals surface area contributed by atoms with Crippen LogP contribution in [0.25, 0.3) is 0 Å². The summed E-state index contributed by atoms with van der Waals surface area (Å²) in [6, 6.07) is 0. The third kappa shape index (κ3) is 3.42. The number of unbranched alkanes of at least 4 members (excludes halogenated alkanes) is 2. The van der Waals surface area contributed by atoms with E-state index in [1.165, 1.54) is 0 Å². The second-order valence-electron chi connectivity index (χ2n) is 3.86. The van der Waals surface area contributed by atoms with E-state index in [0.717, 1.165) is 19.3 Å². The third-order valence-corrected chi connectivity index (χ3v) is 2.60. The Bertz CT molecular complexity index is 389. The van der Waals surface area contributed by atoms with Crippen LogP contribution in [0.2, 0.25) is 0 Å². The Labute approximate surface area is 99.6 Å². The number of nitrogens with one attached hydrogen (secondary N) is 1. The lowest BCUT2D eigenvalue weighted by Crippen LogP contribution is -2.08. The second-order valence-corrected chi connectivity index (χ2v) is 3.86. The Hall–Kier alpha value is -1.63. The Morgan fingerprint density at radius 3 is 2.76 bits per heavy atom. The molecular weight excluding hydrogens is 224 g/mol. The standard InChI is InChI=1S/C10H18N4O3/c1-8-12-10(14(16)17)9(13(8)2)11-6-4-3-5-7-15/h11,15H,3-7H2,1-2H3. The molecule has 0 unspecified atom stereocenters. The number of rotatable bonds is 7. The summed E-state index contributed by atoms with van der Waals surface area (Å²) in [6.45, 7) is 2.55. The van der Waals surface area contributed by atoms with Crippen LogP contribution in [0.4, 0.5) is 11.6 Å². The van der Waals surface area contributed by atoms with Crippen molar-refractivity contribution in [2.24, 2.45) is 7.05 Å². The minimum atomic E-state index is -0.483. The topological polar surface area (TPSA) is 93.2 Å². The van der Waals surface area contributed by atoms with Crippen molar-refractivity contribution >= 4 is 11.6 Å². The Morgan fingerprint density at radius 2 is 2.18 bits per heavy atom. The molecule has 0 spiro atoms. The lowest BCUT2D eigenvalue weighted by Gasteiger charge is -2.06. The van der Waals surface area contributed by atoms with Gasteiger partial charge in [0.2, 0.25) is 11.6 Å². The van der Waals surface area contributed by atoms with Crippen LogP contribution in [-0.2, 0) is 7.05 Å². The summed E-state index contributed by atoms with van der Waals surface area (Å²) < 4.78 is 1.67. The third-order valence-electron chi connectivity index (χ3n) is 2.60. The van der Waals surface area contributed by atoms with Crippen molar-refractivity contribution in [1.29, 1.82) is 0 Å². The Morgan fingerprint density at radius 1 is 1.47 bits per heavy atom. The van der Waals surface area contributed by atoms with Crippen LogP contribution in [0.5, 0.6) is 0 Å². The smallest absolute Gasteiger partial charge is 0.396 e. The molecule has 0 amide bonds. The molecular formula is C10H18N4O3. The van der Waals surface area contributed by atoms with Gasteiger partial charge in [0.1, 0.15) is 0 Å². The quantitative estimate of drug-likeness (QED) is 0.426. The number of aliphatic hydroxyl groups excluding tert-OH is 1. The SMILES string of the molecule is Cc1nc([N+](=O)[O-])c(NCCCCCO)n1C. The molecule has 1 aromatic heterocycles. The first-order valence-corrected chi connectivity index (χ1v) is 5.60. The molecule has 7 heteroatoms. The van der Waals surface area contributed by atoms with Crippen molar-refractivity contribution in [3.63, 3.8) is 0 Å². The van der Waals surface area contributed by atoms with Crippen LogP contribution in [0.1, 0.15) is 25.1 Å². The van der Waals surface area contributed by atoms with E-state index in [4.69, 9.17) is 5.11 Å². The van der Waals surface area contributed by atoms with Crippen LogP contribution >= 0.6 is 0 Å². The van der Waals surface area contributed by atoms with Gasteiger partial charge in [-0.2, -0.15) is 0 Å². The van der Waals surface area contributed by atoms with Crippen LogP contribution in [0.15, 0.2) is 0 Å². The first kappa shape index (κ1) is 13.4. The Balaban J connectivity index is 2.60. The van der Waals surface area contributed by atoms with E-state index in [2.05, 4.69) is 10.3 Å². The van der Waals surface area contributed by atoms with Gasteiger partial charge in [-0.05, 0) is 29.2 Å². The van der Waals surface area contributed by atoms with Gasteiger partial charge in [0.15, 0.2) is 0 Å². The molecule has 0 aromatic carbocycles. The van der Waals surface area contributed by atoms with Crippen molar-refractivity contribution in [3.05, 3.63) is 15.9 Å². The number of nitro groups is 1. The zero-order valence-electron chi connectivity index (χ0n) is 10.1. The van der Waals surface area contributed by atoms with Gasteiger partial charge >= 0.3 is 5.82 Å². The van der Waals surface area contributed by atoms with Gasteiger partial charge in [-0.3, -0.25) is 4.57 Å². The summed E-state index contributed by atoms with van der Waals surface area (Å²) >= 11 is 0. The van der Waals surface area contributed by atoms with Gasteiger partial charge in [0.25, 0.3) is 0 Å². The molecule has 0 saturated heterocycles. The maximum absolute atomic E-state index is 10.8. The largest absolute Gasteiger partial charge is 0.406 e. The Kier molecular flexibility index (Phi) is 4.89. The lowest BCUT2D eigenvalue weighted by atomic mass is 10.2. The molecule has 17 heavy (non-hydrogen) atoms. The molecule has 0 aliphatic rings. The van der Waals surface area contributed by atoms with E-state index in [-0.39, 0.29) is 12.4 Å². The summed E-state index contributed by atoms with van der Waals surface area (Å²) in [4.78, 5) is 14.2. The maximum Gasteiger partial charge on any atom is 0.406 e. The fourth-order valence-corrected chi connectivity index (χ4v) is 1.54. The predicted molar refractivity (Wildman–Crippen MR) is 64.0 cm³/mol. The van der Waals surface area contributed by atoms with Gasteiger partial charge < -0.3 is 20.5 Å². The number of aromatic nitrogens is 2. The minimum absolute atomic E-state index is 0.132. The fourth-order valence-electron chi connectivity index (χ4n) is 1.54. The fraction of sp³-hybridized carbons (Fsp3) is 0.700. The molecule has 0 aliphatic carbocycles. The van der Waals surface area contributed by atoms with Crippen LogP contribution < -0.4 is 5.32 Å². The second kappa shape index (κ2) is 6.19. The van der Waals surface area contributed by atoms with Crippen molar-refractivity contribution in [2.75, 3.05) is 18.5 Å². The molecule has 0 aliphatic heterocycles. The summed E-state index contributed by atoms with van der Waals surface area (Å²) in [5.74, 6) is 0.915. The zero-order valence-corrected chi connectivity index (χ0v) is 10.1. The van der Waals surface area contributed by atoms with Gasteiger partial charge in [-0.15, -0.1) is 0 Å². The first-order valence-electron chi connectivity index (χ1n) is 5.60. The van der Waals surface area contributed by atoms with Crippen molar-refractivity contribution in [2.45, 2.75) is 26.2 Å². The number of anilines is 1. The molecule has 0 fully saturated rings. The van der Waals surface area contributed by atoms with Gasteiger partial charge in [0.05, 0.1) is 0 Å². The maximum atomic E-state index is 10.8. The highest BCUT2D eigenvalue weighted by Crippen LogP contribution is 2.23. The highest BCUT2D eigenvalue weighted by Gasteiger charge is 2.22. The minimum Gasteiger partial charge on any atom is -0.396 e. The van der Waals surface area contributed by atoms with E-state index < -0.39 is 4.92 Å². The molecule has 0 bridgehead atoms. The highest BCUT2D eigenvalue weighted by atomic mass is 16.6. The number of nitrogens with zero attached hydrogens (tertiary/aromatic N) is 3. The van der Waals surface area contributed by atoms with Crippen molar-refractivity contribution < 1.29 is 10.0 Å². The van der Waals surface area contributed by atoms with Gasteiger partial charge in [0, 0.05) is 27.1 Å². The molecule has 1 heterocycles. The van der Waals surface area contributed by atoms with E-state index in [1.54, 1.807) is 18.5 Å². The van der Waals surface area contributed by atoms with E-state index in [9.17, 15) is 10.1 Å².